The van der Waals surface area contributed by atoms with Gasteiger partial charge in [0.25, 0.3) is 0 Å². The number of ether oxygens (including phenoxy) is 1. The normalized spacial score (nSPS) is 11.8. The summed E-state index contributed by atoms with van der Waals surface area (Å²) in [6.07, 6.45) is 1.58. The van der Waals surface area contributed by atoms with E-state index >= 15 is 0 Å². The minimum absolute atomic E-state index is 0.0137. The van der Waals surface area contributed by atoms with Crippen LogP contribution in [0.4, 0.5) is 10.6 Å². The fraction of sp³-hybridized carbons (Fsp3) is 0.294. The molecule has 0 saturated carbocycles. The van der Waals surface area contributed by atoms with Crippen LogP contribution in [0, 0.1) is 0 Å². The third kappa shape index (κ3) is 5.04. The van der Waals surface area contributed by atoms with E-state index in [1.165, 1.54) is 4.90 Å². The van der Waals surface area contributed by atoms with E-state index < -0.39 is 6.09 Å². The molecule has 0 radical (unpaired) electrons. The number of anilines is 1. The minimum atomic E-state index is -0.482. The van der Waals surface area contributed by atoms with Gasteiger partial charge in [0.1, 0.15) is 12.4 Å². The highest BCUT2D eigenvalue weighted by molar-refractivity contribution is 9.10. The smallest absolute Gasteiger partial charge is 0.416 e. The van der Waals surface area contributed by atoms with Crippen molar-refractivity contribution in [2.24, 2.45) is 0 Å². The molecular formula is C17H19BrN2O3. The van der Waals surface area contributed by atoms with Gasteiger partial charge in [0.2, 0.25) is 0 Å². The average Bonchev–Trinajstić information content (AvgIpc) is 2.56. The number of pyridine rings is 1. The number of aliphatic hydroxyl groups excluding tert-OH is 1. The lowest BCUT2D eigenvalue weighted by molar-refractivity contribution is 0.143. The third-order valence-corrected chi connectivity index (χ3v) is 3.82. The number of nitrogens with zero attached hydrogens (tertiary/aromatic N) is 2. The van der Waals surface area contributed by atoms with Crippen molar-refractivity contribution in [1.29, 1.82) is 0 Å². The van der Waals surface area contributed by atoms with Crippen LogP contribution in [-0.2, 0) is 11.3 Å². The van der Waals surface area contributed by atoms with Crippen molar-refractivity contribution >= 4 is 27.8 Å². The van der Waals surface area contributed by atoms with Crippen LogP contribution in [0.2, 0.25) is 0 Å². The fourth-order valence-electron chi connectivity index (χ4n) is 2.11. The Balaban J connectivity index is 2.12. The molecule has 23 heavy (non-hydrogen) atoms. The molecule has 0 bridgehead atoms. The predicted molar refractivity (Wildman–Crippen MR) is 92.2 cm³/mol. The number of amides is 1. The van der Waals surface area contributed by atoms with E-state index in [2.05, 4.69) is 20.9 Å². The maximum atomic E-state index is 12.5. The molecule has 2 aromatic rings. The van der Waals surface area contributed by atoms with E-state index in [0.29, 0.717) is 12.2 Å². The zero-order valence-electron chi connectivity index (χ0n) is 12.9. The van der Waals surface area contributed by atoms with Gasteiger partial charge in [-0.2, -0.15) is 0 Å². The van der Waals surface area contributed by atoms with Crippen LogP contribution in [0.5, 0.6) is 0 Å². The van der Waals surface area contributed by atoms with Crippen LogP contribution in [0.15, 0.2) is 53.1 Å². The monoisotopic (exact) mass is 378 g/mol. The Kier molecular flexibility index (Phi) is 6.55. The van der Waals surface area contributed by atoms with Crippen molar-refractivity contribution in [1.82, 2.24) is 4.98 Å². The number of carbonyl (C=O) groups excluding carboxylic acids is 1. The molecule has 2 rings (SSSR count). The van der Waals surface area contributed by atoms with E-state index in [1.807, 2.05) is 43.3 Å². The molecule has 6 heteroatoms. The van der Waals surface area contributed by atoms with Gasteiger partial charge in [-0.15, -0.1) is 0 Å². The van der Waals surface area contributed by atoms with Crippen molar-refractivity contribution in [2.75, 3.05) is 11.5 Å². The second-order valence-electron chi connectivity index (χ2n) is 5.11. The lowest BCUT2D eigenvalue weighted by atomic mass is 10.2. The van der Waals surface area contributed by atoms with E-state index in [0.717, 1.165) is 10.0 Å². The SMILES string of the molecule is CC(CCO)N(C(=O)OCc1ccccc1)c1ccc(Br)cn1. The van der Waals surface area contributed by atoms with E-state index in [9.17, 15) is 4.79 Å². The molecule has 1 heterocycles. The molecule has 0 fully saturated rings. The van der Waals surface area contributed by atoms with Crippen molar-refractivity contribution in [3.63, 3.8) is 0 Å². The molecule has 0 aliphatic carbocycles. The maximum absolute atomic E-state index is 12.5. The van der Waals surface area contributed by atoms with Gasteiger partial charge in [-0.25, -0.2) is 9.78 Å². The summed E-state index contributed by atoms with van der Waals surface area (Å²) < 4.78 is 6.22. The van der Waals surface area contributed by atoms with E-state index in [-0.39, 0.29) is 19.3 Å². The maximum Gasteiger partial charge on any atom is 0.416 e. The molecule has 0 aliphatic rings. The van der Waals surface area contributed by atoms with Crippen molar-refractivity contribution < 1.29 is 14.6 Å². The molecule has 0 saturated heterocycles. The predicted octanol–water partition coefficient (Wildman–Crippen LogP) is 3.76. The van der Waals surface area contributed by atoms with E-state index in [1.54, 1.807) is 12.3 Å². The Morgan fingerprint density at radius 3 is 2.65 bits per heavy atom. The first-order valence-corrected chi connectivity index (χ1v) is 8.13. The lowest BCUT2D eigenvalue weighted by Gasteiger charge is -2.27. The largest absolute Gasteiger partial charge is 0.444 e. The summed E-state index contributed by atoms with van der Waals surface area (Å²) in [7, 11) is 0. The number of aromatic nitrogens is 1. The van der Waals surface area contributed by atoms with Gasteiger partial charge in [0.05, 0.1) is 0 Å². The summed E-state index contributed by atoms with van der Waals surface area (Å²) in [6.45, 7) is 2.03. The van der Waals surface area contributed by atoms with E-state index in [4.69, 9.17) is 9.84 Å². The Morgan fingerprint density at radius 2 is 2.04 bits per heavy atom. The van der Waals surface area contributed by atoms with Gasteiger partial charge < -0.3 is 9.84 Å². The van der Waals surface area contributed by atoms with Crippen LogP contribution in [-0.4, -0.2) is 28.8 Å². The van der Waals surface area contributed by atoms with Crippen molar-refractivity contribution in [3.05, 3.63) is 58.7 Å². The van der Waals surface area contributed by atoms with Gasteiger partial charge in [-0.3, -0.25) is 4.90 Å². The molecule has 1 N–H and O–H groups in total. The topological polar surface area (TPSA) is 62.7 Å². The first kappa shape index (κ1) is 17.4. The molecule has 122 valence electrons. The van der Waals surface area contributed by atoms with Gasteiger partial charge in [-0.05, 0) is 47.0 Å². The zero-order valence-corrected chi connectivity index (χ0v) is 14.4. The summed E-state index contributed by atoms with van der Waals surface area (Å²) in [5.74, 6) is 0.493. The number of rotatable bonds is 6. The Hall–Kier alpha value is -1.92. The standard InChI is InChI=1S/C17H19BrN2O3/c1-13(9-10-21)20(16-8-7-15(18)11-19-16)17(22)23-12-14-5-3-2-4-6-14/h2-8,11,13,21H,9-10,12H2,1H3. The summed E-state index contributed by atoms with van der Waals surface area (Å²) in [6, 6.07) is 12.8. The summed E-state index contributed by atoms with van der Waals surface area (Å²) in [5.41, 5.74) is 0.916. The Bertz CT molecular complexity index is 619. The van der Waals surface area contributed by atoms with Gasteiger partial charge in [-0.1, -0.05) is 30.3 Å². The van der Waals surface area contributed by atoms with Crippen LogP contribution in [0.25, 0.3) is 0 Å². The molecule has 1 unspecified atom stereocenters. The van der Waals surface area contributed by atoms with Gasteiger partial charge >= 0.3 is 6.09 Å². The Morgan fingerprint density at radius 1 is 1.30 bits per heavy atom. The number of aliphatic hydroxyl groups is 1. The second-order valence-corrected chi connectivity index (χ2v) is 6.02. The third-order valence-electron chi connectivity index (χ3n) is 3.35. The van der Waals surface area contributed by atoms with Crippen LogP contribution < -0.4 is 4.90 Å². The zero-order chi connectivity index (χ0) is 16.7. The molecule has 1 aromatic heterocycles. The number of hydrogen-bond acceptors (Lipinski definition) is 4. The molecule has 0 spiro atoms. The van der Waals surface area contributed by atoms with Crippen molar-refractivity contribution in [2.45, 2.75) is 26.0 Å². The molecule has 5 nitrogen and oxygen atoms in total. The summed E-state index contributed by atoms with van der Waals surface area (Å²) in [4.78, 5) is 18.2. The first-order chi connectivity index (χ1) is 11.1. The van der Waals surface area contributed by atoms with Crippen LogP contribution in [0.3, 0.4) is 0 Å². The van der Waals surface area contributed by atoms with Crippen molar-refractivity contribution in [3.8, 4) is 0 Å². The average molecular weight is 379 g/mol. The quantitative estimate of drug-likeness (QED) is 0.830. The highest BCUT2D eigenvalue weighted by Crippen LogP contribution is 2.20. The highest BCUT2D eigenvalue weighted by Gasteiger charge is 2.24. The number of carbonyl (C=O) groups is 1. The Labute approximate surface area is 144 Å². The molecular weight excluding hydrogens is 360 g/mol. The highest BCUT2D eigenvalue weighted by atomic mass is 79.9. The molecule has 1 atom stereocenters. The van der Waals surface area contributed by atoms with Gasteiger partial charge in [0.15, 0.2) is 0 Å². The first-order valence-electron chi connectivity index (χ1n) is 7.34. The molecule has 1 aromatic carbocycles. The van der Waals surface area contributed by atoms with Crippen LogP contribution in [0.1, 0.15) is 18.9 Å². The minimum Gasteiger partial charge on any atom is -0.444 e. The summed E-state index contributed by atoms with van der Waals surface area (Å²) >= 11 is 3.32. The number of hydrogen-bond donors (Lipinski definition) is 1. The second kappa shape index (κ2) is 8.64. The van der Waals surface area contributed by atoms with Crippen LogP contribution >= 0.6 is 15.9 Å². The number of benzene rings is 1. The fourth-order valence-corrected chi connectivity index (χ4v) is 2.35. The number of halogens is 1. The summed E-state index contributed by atoms with van der Waals surface area (Å²) in [5, 5.41) is 9.16. The molecule has 1 amide bonds. The van der Waals surface area contributed by atoms with Gasteiger partial charge in [0, 0.05) is 23.3 Å². The lowest BCUT2D eigenvalue weighted by Crippen LogP contribution is -2.40. The molecule has 0 aliphatic heterocycles.